The molecule has 0 bridgehead atoms. The molecule has 0 saturated carbocycles. The van der Waals surface area contributed by atoms with Crippen molar-refractivity contribution in [3.05, 3.63) is 176 Å². The lowest BCUT2D eigenvalue weighted by molar-refractivity contribution is -0.144. The molecule has 658 valence electrons. The molecule has 0 spiro atoms. The Hall–Kier alpha value is -10.0. The van der Waals surface area contributed by atoms with Gasteiger partial charge in [-0.25, -0.2) is 0 Å². The van der Waals surface area contributed by atoms with Crippen LogP contribution in [0.3, 0.4) is 0 Å². The minimum absolute atomic E-state index is 0. The predicted octanol–water partition coefficient (Wildman–Crippen LogP) is 13.8. The highest BCUT2D eigenvalue weighted by atomic mass is 16.5. The highest BCUT2D eigenvalue weighted by Gasteiger charge is 2.39. The Kier molecular flexibility index (Phi) is 44.9. The van der Waals surface area contributed by atoms with Crippen LogP contribution in [0.2, 0.25) is 0 Å². The van der Waals surface area contributed by atoms with Crippen molar-refractivity contribution in [3.63, 3.8) is 0 Å². The number of carbonyl (C=O) groups is 12. The minimum Gasteiger partial charge on any atom is -0.465 e. The minimum atomic E-state index is -0.283. The number of benzene rings is 5. The number of nitrogens with one attached hydrogen (secondary N) is 4. The summed E-state index contributed by atoms with van der Waals surface area (Å²) in [6.45, 7) is 10.3. The van der Waals surface area contributed by atoms with Crippen LogP contribution in [0.4, 0.5) is 0 Å². The van der Waals surface area contributed by atoms with Crippen LogP contribution >= 0.6 is 0 Å². The average molecular weight is 1670 g/mol. The van der Waals surface area contributed by atoms with Crippen molar-refractivity contribution < 1.29 is 100 Å². The third kappa shape index (κ3) is 31.7. The largest absolute Gasteiger partial charge is 0.465 e. The third-order valence-corrected chi connectivity index (χ3v) is 21.5. The molecule has 0 radical (unpaired) electrons. The number of carbonyl (C=O) groups excluding carboxylic acids is 12. The predicted molar refractivity (Wildman–Crippen MR) is 462 cm³/mol. The zero-order valence-corrected chi connectivity index (χ0v) is 71.7. The van der Waals surface area contributed by atoms with E-state index in [2.05, 4.69) is 45.5 Å². The first-order chi connectivity index (χ1) is 58.1. The molecular weight excluding hydrogens is 1550 g/mol. The number of ether oxygens (including phenoxy) is 9. The van der Waals surface area contributed by atoms with Gasteiger partial charge in [0.05, 0.1) is 19.8 Å². The summed E-state index contributed by atoms with van der Waals surface area (Å²) < 4.78 is 46.7. The molecule has 0 aromatic heterocycles. The van der Waals surface area contributed by atoms with Crippen LogP contribution in [0.15, 0.2) is 114 Å². The van der Waals surface area contributed by atoms with Crippen LogP contribution in [0.5, 0.6) is 0 Å². The van der Waals surface area contributed by atoms with Crippen LogP contribution in [0, 0.1) is 0 Å². The number of allylic oxidation sites excluding steroid dienone is 2. The molecule has 0 heterocycles. The van der Waals surface area contributed by atoms with Gasteiger partial charge in [0.15, 0.2) is 11.6 Å². The molecule has 4 N–H and O–H groups in total. The molecule has 0 saturated heterocycles. The van der Waals surface area contributed by atoms with Crippen LogP contribution in [-0.2, 0) is 110 Å². The summed E-state index contributed by atoms with van der Waals surface area (Å²) >= 11 is 0. The highest BCUT2D eigenvalue weighted by molar-refractivity contribution is 6.06. The second-order valence-corrected chi connectivity index (χ2v) is 30.3. The smallest absolute Gasteiger partial charge is 0.305 e. The first-order valence-corrected chi connectivity index (χ1v) is 42.3. The Morgan fingerprint density at radius 1 is 0.372 bits per heavy atom. The van der Waals surface area contributed by atoms with E-state index in [0.717, 1.165) is 90.7 Å². The Balaban J connectivity index is 0.000000282. The molecule has 4 amide bonds. The highest BCUT2D eigenvalue weighted by Crippen LogP contribution is 2.52. The monoisotopic (exact) mass is 1670 g/mol. The summed E-state index contributed by atoms with van der Waals surface area (Å²) in [6.07, 6.45) is 14.6. The maximum atomic E-state index is 13.1. The lowest BCUT2D eigenvalue weighted by Crippen LogP contribution is -2.27. The molecule has 25 heteroatoms. The maximum Gasteiger partial charge on any atom is 0.305 e. The number of ketones is 5. The van der Waals surface area contributed by atoms with Gasteiger partial charge in [-0.1, -0.05) is 125 Å². The van der Waals surface area contributed by atoms with Crippen molar-refractivity contribution in [2.24, 2.45) is 0 Å². The fourth-order valence-electron chi connectivity index (χ4n) is 15.4. The Bertz CT molecular complexity index is 4370. The molecule has 4 atom stereocenters. The van der Waals surface area contributed by atoms with Crippen molar-refractivity contribution in [2.45, 2.75) is 206 Å². The number of Topliss-reactive ketones (excluding diaryl/α,β-unsaturated/α-hetero) is 5. The Morgan fingerprint density at radius 3 is 1.23 bits per heavy atom. The molecule has 9 rings (SSSR count). The van der Waals surface area contributed by atoms with Crippen molar-refractivity contribution in [2.75, 3.05) is 122 Å². The summed E-state index contributed by atoms with van der Waals surface area (Å²) in [5.74, 6) is -1.17. The number of methoxy groups -OCH3 is 6. The van der Waals surface area contributed by atoms with Crippen molar-refractivity contribution in [3.8, 4) is 22.3 Å². The molecule has 4 unspecified atom stereocenters. The standard InChI is InChI=1S/C35H48N2O8.C31H39NO7.C29H37NO6.CH4/c1-4-35(42)45-23-32-30-21-24(20-27(39)9-5-8-26(38)10-7-18-43-2)13-15-28(30)29-16-14-25(22-31(29)32)37-34(41)12-6-11-33(40)36-17-19-44-3;1-4-30(36)39-20-27-23-9-6-10-25(28(34)11-7-16-37-2)31(23)24-14-13-21(19-26(24)27)18-22(33)8-5-12-29(35)32-15-17-38-3;1-4-28(33)36-19-25-21-9-6-10-23(26(31)11-7-16-34-2)29(21)22-14-13-20(18-24(22)25)8-5-12-27(32)30-15-17-35-3;/h13-15,21-22,29,32H,4-12,16-20,23H2,1-3H3,(H,36,40)(H,37,41);6,9-10,13-14,19,27H,4-5,7-8,11-12,15-18,20H2,1-3H3,(H,32,35);6,9-10,13-14,18,25H,4-5,7-8,11-12,15-17,19H2,1-3H3,(H,30,32);1H4. The summed E-state index contributed by atoms with van der Waals surface area (Å²) in [5, 5.41) is 11.3. The Morgan fingerprint density at radius 2 is 0.760 bits per heavy atom. The number of hydrogen-bond donors (Lipinski definition) is 4. The van der Waals surface area contributed by atoms with E-state index in [9.17, 15) is 57.5 Å². The summed E-state index contributed by atoms with van der Waals surface area (Å²) in [4.78, 5) is 148. The van der Waals surface area contributed by atoms with E-state index in [0.29, 0.717) is 179 Å². The summed E-state index contributed by atoms with van der Waals surface area (Å²) in [7, 11) is 9.61. The second kappa shape index (κ2) is 54.4. The number of aryl methyl sites for hydroxylation is 1. The molecular formula is C96H128N4O21. The number of hydrogen-bond acceptors (Lipinski definition) is 21. The van der Waals surface area contributed by atoms with E-state index in [4.69, 9.17) is 42.6 Å². The number of fused-ring (bicyclic) bond motifs is 9. The topological polar surface area (TPSA) is 336 Å². The Labute approximate surface area is 714 Å². The number of rotatable bonds is 53. The van der Waals surface area contributed by atoms with Gasteiger partial charge in [-0.05, 0) is 142 Å². The van der Waals surface area contributed by atoms with Gasteiger partial charge in [0.1, 0.15) is 37.2 Å². The SMILES string of the molecule is C.CCC(=O)OCC1C2=CC(NC(=O)CCCC(=O)NCCOC)=CCC2c2ccc(CC(=O)CCCC(=O)CCCOC)cc21.CCC(=O)OCC1c2cc(CC(=O)CCCC(=O)NCCOC)ccc2-c2c(C(=O)CCCOC)cccc21.CCC(=O)OCC1c2cc(CCCC(=O)NCCOC)ccc2-c2c(C(=O)CCCOC)cccc21. The lowest BCUT2D eigenvalue weighted by atomic mass is 9.87. The third-order valence-electron chi connectivity index (χ3n) is 21.5. The van der Waals surface area contributed by atoms with Crippen LogP contribution in [0.25, 0.3) is 22.3 Å². The van der Waals surface area contributed by atoms with Gasteiger partial charge in [0, 0.05) is 219 Å². The summed E-state index contributed by atoms with van der Waals surface area (Å²) in [5.41, 5.74) is 15.9. The fraction of sp³-hybridized carbons (Fsp3) is 0.521. The quantitative estimate of drug-likeness (QED) is 0.0122. The van der Waals surface area contributed by atoms with E-state index >= 15 is 0 Å². The zero-order valence-electron chi connectivity index (χ0n) is 71.7. The second-order valence-electron chi connectivity index (χ2n) is 30.3. The van der Waals surface area contributed by atoms with E-state index < -0.39 is 0 Å². The molecule has 25 nitrogen and oxygen atoms in total. The van der Waals surface area contributed by atoms with Gasteiger partial charge < -0.3 is 63.9 Å². The molecule has 4 aliphatic carbocycles. The van der Waals surface area contributed by atoms with Gasteiger partial charge in [-0.15, -0.1) is 0 Å². The van der Waals surface area contributed by atoms with Gasteiger partial charge in [0.2, 0.25) is 23.6 Å². The lowest BCUT2D eigenvalue weighted by Gasteiger charge is -2.22. The zero-order chi connectivity index (χ0) is 86.7. The first-order valence-electron chi connectivity index (χ1n) is 42.3. The van der Waals surface area contributed by atoms with Gasteiger partial charge in [0.25, 0.3) is 0 Å². The average Bonchev–Trinajstić information content (AvgIpc) is 1.60. The molecule has 121 heavy (non-hydrogen) atoms. The van der Waals surface area contributed by atoms with Gasteiger partial charge >= 0.3 is 17.9 Å². The van der Waals surface area contributed by atoms with Crippen LogP contribution in [-0.4, -0.2) is 192 Å². The van der Waals surface area contributed by atoms with Gasteiger partial charge in [-0.3, -0.25) is 57.5 Å². The van der Waals surface area contributed by atoms with Gasteiger partial charge in [-0.2, -0.15) is 0 Å². The normalized spacial score (nSPS) is 14.6. The maximum absolute atomic E-state index is 13.1. The molecule has 0 fully saturated rings. The van der Waals surface area contributed by atoms with E-state index in [1.807, 2.05) is 78.9 Å². The first kappa shape index (κ1) is 99.8. The molecule has 5 aromatic carbocycles. The van der Waals surface area contributed by atoms with Crippen LogP contribution < -0.4 is 21.3 Å². The number of esters is 3. The van der Waals surface area contributed by atoms with E-state index in [1.165, 1.54) is 0 Å². The number of amides is 4. The summed E-state index contributed by atoms with van der Waals surface area (Å²) in [6, 6.07) is 29.8. The van der Waals surface area contributed by atoms with E-state index in [1.54, 1.807) is 63.4 Å². The van der Waals surface area contributed by atoms with Crippen LogP contribution in [0.1, 0.15) is 257 Å². The van der Waals surface area contributed by atoms with E-state index in [-0.39, 0.29) is 160 Å². The molecule has 5 aromatic rings. The van der Waals surface area contributed by atoms with Crippen molar-refractivity contribution in [1.82, 2.24) is 21.3 Å². The molecule has 4 aliphatic rings. The fourth-order valence-corrected chi connectivity index (χ4v) is 15.4. The molecule has 0 aliphatic heterocycles. The van der Waals surface area contributed by atoms with Crippen molar-refractivity contribution >= 4 is 70.5 Å². The van der Waals surface area contributed by atoms with Crippen molar-refractivity contribution in [1.29, 1.82) is 0 Å².